The maximum Gasteiger partial charge on any atom is 0.251 e. The molecular formula is C17H27N3O. The lowest BCUT2D eigenvalue weighted by Gasteiger charge is -2.20. The van der Waals surface area contributed by atoms with E-state index in [0.29, 0.717) is 23.2 Å². The number of nitrogen functional groups attached to an aromatic ring is 1. The number of rotatable bonds is 3. The van der Waals surface area contributed by atoms with Crippen molar-refractivity contribution in [3.63, 3.8) is 0 Å². The Hall–Kier alpha value is -1.58. The number of amides is 1. The third-order valence-corrected chi connectivity index (χ3v) is 4.44. The van der Waals surface area contributed by atoms with Crippen LogP contribution in [0.1, 0.15) is 63.0 Å². The van der Waals surface area contributed by atoms with Gasteiger partial charge in [-0.3, -0.25) is 4.79 Å². The van der Waals surface area contributed by atoms with Crippen LogP contribution in [0.4, 0.5) is 5.82 Å². The molecule has 1 fully saturated rings. The zero-order valence-electron chi connectivity index (χ0n) is 13.6. The monoisotopic (exact) mass is 289 g/mol. The Morgan fingerprint density at radius 2 is 2.10 bits per heavy atom. The van der Waals surface area contributed by atoms with Gasteiger partial charge >= 0.3 is 0 Å². The van der Waals surface area contributed by atoms with Gasteiger partial charge in [-0.05, 0) is 30.4 Å². The Kier molecular flexibility index (Phi) is 4.55. The summed E-state index contributed by atoms with van der Waals surface area (Å²) >= 11 is 0. The minimum atomic E-state index is -0.121. The van der Waals surface area contributed by atoms with Crippen LogP contribution in [-0.2, 0) is 5.41 Å². The molecule has 2 unspecified atom stereocenters. The summed E-state index contributed by atoms with van der Waals surface area (Å²) in [6.07, 6.45) is 3.77. The number of anilines is 1. The zero-order chi connectivity index (χ0) is 15.6. The van der Waals surface area contributed by atoms with Gasteiger partial charge in [-0.25, -0.2) is 4.98 Å². The van der Waals surface area contributed by atoms with E-state index in [1.807, 2.05) is 6.07 Å². The van der Waals surface area contributed by atoms with Crippen molar-refractivity contribution in [2.45, 2.75) is 52.4 Å². The standard InChI is InChI=1S/C17H27N3O/c1-11-6-5-7-12(11)10-19-16(21)13-8-14(17(2,3)4)20-15(18)9-13/h8-9,11-12H,5-7,10H2,1-4H3,(H2,18,20)(H,19,21). The molecule has 1 aliphatic rings. The largest absolute Gasteiger partial charge is 0.384 e. The van der Waals surface area contributed by atoms with Crippen LogP contribution in [0.5, 0.6) is 0 Å². The van der Waals surface area contributed by atoms with Crippen LogP contribution in [-0.4, -0.2) is 17.4 Å². The van der Waals surface area contributed by atoms with E-state index in [-0.39, 0.29) is 11.3 Å². The molecule has 1 saturated carbocycles. The molecule has 0 aromatic carbocycles. The van der Waals surface area contributed by atoms with Gasteiger partial charge in [0.1, 0.15) is 5.82 Å². The highest BCUT2D eigenvalue weighted by Gasteiger charge is 2.24. The van der Waals surface area contributed by atoms with Gasteiger partial charge in [-0.1, -0.05) is 40.5 Å². The van der Waals surface area contributed by atoms with Crippen molar-refractivity contribution >= 4 is 11.7 Å². The van der Waals surface area contributed by atoms with Crippen LogP contribution in [0.25, 0.3) is 0 Å². The van der Waals surface area contributed by atoms with Crippen LogP contribution < -0.4 is 11.1 Å². The molecule has 1 amide bonds. The molecule has 0 radical (unpaired) electrons. The first kappa shape index (κ1) is 15.8. The van der Waals surface area contributed by atoms with Crippen molar-refractivity contribution in [1.82, 2.24) is 10.3 Å². The predicted octanol–water partition coefficient (Wildman–Crippen LogP) is 3.13. The van der Waals surface area contributed by atoms with Crippen molar-refractivity contribution in [3.8, 4) is 0 Å². The van der Waals surface area contributed by atoms with Gasteiger partial charge in [0.2, 0.25) is 0 Å². The van der Waals surface area contributed by atoms with Crippen LogP contribution in [0.2, 0.25) is 0 Å². The molecule has 0 aliphatic heterocycles. The van der Waals surface area contributed by atoms with Gasteiger partial charge in [0.25, 0.3) is 5.91 Å². The topological polar surface area (TPSA) is 68.0 Å². The smallest absolute Gasteiger partial charge is 0.251 e. The molecule has 1 aliphatic carbocycles. The van der Waals surface area contributed by atoms with E-state index in [1.165, 1.54) is 19.3 Å². The number of hydrogen-bond donors (Lipinski definition) is 2. The Bertz CT molecular complexity index is 519. The summed E-state index contributed by atoms with van der Waals surface area (Å²) in [6, 6.07) is 3.51. The van der Waals surface area contributed by atoms with E-state index in [4.69, 9.17) is 5.73 Å². The summed E-state index contributed by atoms with van der Waals surface area (Å²) < 4.78 is 0. The quantitative estimate of drug-likeness (QED) is 0.898. The van der Waals surface area contributed by atoms with Crippen LogP contribution >= 0.6 is 0 Å². The molecule has 21 heavy (non-hydrogen) atoms. The lowest BCUT2D eigenvalue weighted by atomic mass is 9.90. The molecule has 116 valence electrons. The molecule has 2 rings (SSSR count). The first-order valence-corrected chi connectivity index (χ1v) is 7.83. The van der Waals surface area contributed by atoms with Gasteiger partial charge < -0.3 is 11.1 Å². The summed E-state index contributed by atoms with van der Waals surface area (Å²) in [5, 5.41) is 3.05. The average molecular weight is 289 g/mol. The number of nitrogens with two attached hydrogens (primary N) is 1. The number of carbonyl (C=O) groups excluding carboxylic acids is 1. The second-order valence-corrected chi connectivity index (χ2v) is 7.29. The maximum atomic E-state index is 12.3. The number of nitrogens with zero attached hydrogens (tertiary/aromatic N) is 1. The minimum Gasteiger partial charge on any atom is -0.384 e. The minimum absolute atomic E-state index is 0.0475. The first-order valence-electron chi connectivity index (χ1n) is 7.83. The second-order valence-electron chi connectivity index (χ2n) is 7.29. The van der Waals surface area contributed by atoms with Crippen molar-refractivity contribution in [1.29, 1.82) is 0 Å². The summed E-state index contributed by atoms with van der Waals surface area (Å²) in [5.74, 6) is 1.67. The fourth-order valence-electron chi connectivity index (χ4n) is 2.92. The normalized spacial score (nSPS) is 22.3. The summed E-state index contributed by atoms with van der Waals surface area (Å²) in [6.45, 7) is 9.23. The highest BCUT2D eigenvalue weighted by atomic mass is 16.1. The maximum absolute atomic E-state index is 12.3. The Labute approximate surface area is 127 Å². The van der Waals surface area contributed by atoms with Crippen LogP contribution in [0, 0.1) is 11.8 Å². The van der Waals surface area contributed by atoms with E-state index in [9.17, 15) is 4.79 Å². The van der Waals surface area contributed by atoms with Crippen molar-refractivity contribution < 1.29 is 4.79 Å². The number of hydrogen-bond acceptors (Lipinski definition) is 3. The van der Waals surface area contributed by atoms with Crippen molar-refractivity contribution in [2.24, 2.45) is 11.8 Å². The molecule has 1 aromatic rings. The molecule has 1 heterocycles. The zero-order valence-corrected chi connectivity index (χ0v) is 13.6. The second kappa shape index (κ2) is 6.04. The molecule has 0 bridgehead atoms. The lowest BCUT2D eigenvalue weighted by molar-refractivity contribution is 0.0944. The van der Waals surface area contributed by atoms with E-state index in [0.717, 1.165) is 12.2 Å². The predicted molar refractivity (Wildman–Crippen MR) is 86.2 cm³/mol. The fraction of sp³-hybridized carbons (Fsp3) is 0.647. The van der Waals surface area contributed by atoms with Crippen LogP contribution in [0.3, 0.4) is 0 Å². The molecule has 0 saturated heterocycles. The van der Waals surface area contributed by atoms with Crippen LogP contribution in [0.15, 0.2) is 12.1 Å². The Balaban J connectivity index is 2.07. The highest BCUT2D eigenvalue weighted by molar-refractivity contribution is 5.95. The van der Waals surface area contributed by atoms with Crippen molar-refractivity contribution in [3.05, 3.63) is 23.4 Å². The molecule has 0 spiro atoms. The van der Waals surface area contributed by atoms with E-state index < -0.39 is 0 Å². The van der Waals surface area contributed by atoms with Gasteiger partial charge in [-0.2, -0.15) is 0 Å². The highest BCUT2D eigenvalue weighted by Crippen LogP contribution is 2.30. The first-order chi connectivity index (χ1) is 9.77. The third-order valence-electron chi connectivity index (χ3n) is 4.44. The summed E-state index contributed by atoms with van der Waals surface area (Å²) in [4.78, 5) is 16.7. The van der Waals surface area contributed by atoms with E-state index in [2.05, 4.69) is 38.0 Å². The lowest BCUT2D eigenvalue weighted by Crippen LogP contribution is -2.30. The van der Waals surface area contributed by atoms with Gasteiger partial charge in [0, 0.05) is 23.2 Å². The summed E-state index contributed by atoms with van der Waals surface area (Å²) in [7, 11) is 0. The van der Waals surface area contributed by atoms with E-state index >= 15 is 0 Å². The molecule has 4 heteroatoms. The number of carbonyl (C=O) groups is 1. The fourth-order valence-corrected chi connectivity index (χ4v) is 2.92. The summed E-state index contributed by atoms with van der Waals surface area (Å²) in [5.41, 5.74) is 7.18. The van der Waals surface area contributed by atoms with Gasteiger partial charge in [-0.15, -0.1) is 0 Å². The molecule has 4 nitrogen and oxygen atoms in total. The molecular weight excluding hydrogens is 262 g/mol. The Morgan fingerprint density at radius 1 is 1.38 bits per heavy atom. The van der Waals surface area contributed by atoms with E-state index in [1.54, 1.807) is 6.07 Å². The third kappa shape index (κ3) is 3.96. The number of nitrogens with one attached hydrogen (secondary N) is 1. The molecule has 1 aromatic heterocycles. The molecule has 3 N–H and O–H groups in total. The van der Waals surface area contributed by atoms with Gasteiger partial charge in [0.15, 0.2) is 0 Å². The Morgan fingerprint density at radius 3 is 2.67 bits per heavy atom. The number of aromatic nitrogens is 1. The number of pyridine rings is 1. The van der Waals surface area contributed by atoms with Crippen molar-refractivity contribution in [2.75, 3.05) is 12.3 Å². The van der Waals surface area contributed by atoms with Gasteiger partial charge in [0.05, 0.1) is 0 Å². The SMILES string of the molecule is CC1CCCC1CNC(=O)c1cc(N)nc(C(C)(C)C)c1. The molecule has 2 atom stereocenters. The average Bonchev–Trinajstić information content (AvgIpc) is 2.79.